The highest BCUT2D eigenvalue weighted by Crippen LogP contribution is 2.26. The van der Waals surface area contributed by atoms with Crippen molar-refractivity contribution in [3.05, 3.63) is 23.9 Å². The average molecular weight is 275 g/mol. The van der Waals surface area contributed by atoms with Gasteiger partial charge >= 0.3 is 0 Å². The van der Waals surface area contributed by atoms with Crippen LogP contribution in [0.3, 0.4) is 0 Å². The first kappa shape index (κ1) is 15.3. The summed E-state index contributed by atoms with van der Waals surface area (Å²) in [7, 11) is 2.16. The molecule has 1 fully saturated rings. The lowest BCUT2D eigenvalue weighted by atomic mass is 10.1. The van der Waals surface area contributed by atoms with E-state index in [4.69, 9.17) is 0 Å². The van der Waals surface area contributed by atoms with Gasteiger partial charge in [0.25, 0.3) is 0 Å². The van der Waals surface area contributed by atoms with Crippen LogP contribution in [0.15, 0.2) is 18.3 Å². The molecule has 112 valence electrons. The molecule has 1 aliphatic rings. The quantitative estimate of drug-likeness (QED) is 0.890. The Bertz CT molecular complexity index is 399. The zero-order valence-electron chi connectivity index (χ0n) is 13.4. The summed E-state index contributed by atoms with van der Waals surface area (Å²) < 4.78 is 0. The molecule has 0 bridgehead atoms. The third-order valence-electron chi connectivity index (χ3n) is 4.03. The van der Waals surface area contributed by atoms with E-state index in [0.717, 1.165) is 24.8 Å². The molecule has 1 aliphatic carbocycles. The van der Waals surface area contributed by atoms with Gasteiger partial charge in [-0.15, -0.1) is 0 Å². The summed E-state index contributed by atoms with van der Waals surface area (Å²) >= 11 is 0. The number of anilines is 1. The summed E-state index contributed by atoms with van der Waals surface area (Å²) in [4.78, 5) is 6.91. The summed E-state index contributed by atoms with van der Waals surface area (Å²) in [5.41, 5.74) is 1.40. The Morgan fingerprint density at radius 3 is 2.50 bits per heavy atom. The fourth-order valence-electron chi connectivity index (χ4n) is 2.79. The normalized spacial score (nSPS) is 16.6. The van der Waals surface area contributed by atoms with Crippen LogP contribution in [0.2, 0.25) is 0 Å². The van der Waals surface area contributed by atoms with Gasteiger partial charge in [-0.2, -0.15) is 0 Å². The molecule has 2 rings (SSSR count). The van der Waals surface area contributed by atoms with Gasteiger partial charge in [0.1, 0.15) is 5.82 Å². The third-order valence-corrected chi connectivity index (χ3v) is 4.03. The number of nitrogens with one attached hydrogen (secondary N) is 1. The minimum absolute atomic E-state index is 0.151. The third kappa shape index (κ3) is 4.78. The van der Waals surface area contributed by atoms with Crippen LogP contribution in [-0.2, 0) is 6.54 Å². The summed E-state index contributed by atoms with van der Waals surface area (Å²) in [6.07, 6.45) is 7.59. The Kier molecular flexibility index (Phi) is 5.03. The predicted octanol–water partition coefficient (Wildman–Crippen LogP) is 3.60. The number of hydrogen-bond acceptors (Lipinski definition) is 3. The molecule has 0 aliphatic heterocycles. The summed E-state index contributed by atoms with van der Waals surface area (Å²) in [6, 6.07) is 4.33. The number of aromatic nitrogens is 1. The Labute approximate surface area is 123 Å². The number of hydrogen-bond donors (Lipinski definition) is 1. The zero-order valence-corrected chi connectivity index (χ0v) is 13.4. The number of pyridine rings is 1. The van der Waals surface area contributed by atoms with Crippen LogP contribution in [0, 0.1) is 5.92 Å². The molecule has 1 saturated carbocycles. The molecule has 0 saturated heterocycles. The van der Waals surface area contributed by atoms with E-state index in [1.54, 1.807) is 0 Å². The minimum atomic E-state index is 0.151. The molecule has 3 heteroatoms. The van der Waals surface area contributed by atoms with Crippen LogP contribution in [-0.4, -0.2) is 24.1 Å². The maximum atomic E-state index is 4.61. The molecule has 20 heavy (non-hydrogen) atoms. The second-order valence-corrected chi connectivity index (χ2v) is 7.16. The second-order valence-electron chi connectivity index (χ2n) is 7.16. The molecule has 1 heterocycles. The van der Waals surface area contributed by atoms with E-state index < -0.39 is 0 Å². The maximum absolute atomic E-state index is 4.61. The van der Waals surface area contributed by atoms with Gasteiger partial charge in [0.15, 0.2) is 0 Å². The first-order valence-electron chi connectivity index (χ1n) is 7.85. The van der Waals surface area contributed by atoms with Gasteiger partial charge < -0.3 is 10.2 Å². The van der Waals surface area contributed by atoms with Gasteiger partial charge in [-0.05, 0) is 51.2 Å². The number of nitrogens with zero attached hydrogens (tertiary/aromatic N) is 2. The molecule has 0 amide bonds. The van der Waals surface area contributed by atoms with Crippen molar-refractivity contribution in [2.75, 3.05) is 18.5 Å². The molecule has 0 atom stereocenters. The smallest absolute Gasteiger partial charge is 0.128 e. The fraction of sp³-hybridized carbons (Fsp3) is 0.706. The van der Waals surface area contributed by atoms with Gasteiger partial charge in [0.05, 0.1) is 0 Å². The molecular formula is C17H29N3. The summed E-state index contributed by atoms with van der Waals surface area (Å²) in [5, 5.41) is 3.49. The van der Waals surface area contributed by atoms with Crippen LogP contribution in [0.1, 0.15) is 52.0 Å². The van der Waals surface area contributed by atoms with Gasteiger partial charge in [-0.3, -0.25) is 0 Å². The van der Waals surface area contributed by atoms with E-state index in [1.165, 1.54) is 31.2 Å². The van der Waals surface area contributed by atoms with E-state index in [9.17, 15) is 0 Å². The zero-order chi connectivity index (χ0) is 14.6. The van der Waals surface area contributed by atoms with Crippen molar-refractivity contribution in [1.82, 2.24) is 10.3 Å². The van der Waals surface area contributed by atoms with E-state index in [2.05, 4.69) is 55.2 Å². The molecule has 0 spiro atoms. The van der Waals surface area contributed by atoms with E-state index in [-0.39, 0.29) is 5.54 Å². The first-order chi connectivity index (χ1) is 9.44. The van der Waals surface area contributed by atoms with E-state index in [1.807, 2.05) is 6.20 Å². The van der Waals surface area contributed by atoms with Crippen molar-refractivity contribution in [2.45, 2.75) is 58.5 Å². The van der Waals surface area contributed by atoms with Crippen LogP contribution in [0.5, 0.6) is 0 Å². The van der Waals surface area contributed by atoms with Crippen molar-refractivity contribution in [1.29, 1.82) is 0 Å². The molecule has 1 aromatic rings. The lowest BCUT2D eigenvalue weighted by Gasteiger charge is -2.23. The lowest BCUT2D eigenvalue weighted by Crippen LogP contribution is -2.35. The molecule has 0 radical (unpaired) electrons. The Balaban J connectivity index is 1.86. The van der Waals surface area contributed by atoms with Crippen LogP contribution in [0.25, 0.3) is 0 Å². The second kappa shape index (κ2) is 6.57. The topological polar surface area (TPSA) is 28.2 Å². The SMILES string of the molecule is CN(CC1CCCC1)c1ccc(CNC(C)(C)C)cn1. The van der Waals surface area contributed by atoms with Crippen LogP contribution >= 0.6 is 0 Å². The van der Waals surface area contributed by atoms with Gasteiger partial charge in [0, 0.05) is 31.9 Å². The highest BCUT2D eigenvalue weighted by atomic mass is 15.2. The summed E-state index contributed by atoms with van der Waals surface area (Å²) in [6.45, 7) is 8.58. The largest absolute Gasteiger partial charge is 0.359 e. The van der Waals surface area contributed by atoms with Crippen molar-refractivity contribution in [3.8, 4) is 0 Å². The highest BCUT2D eigenvalue weighted by molar-refractivity contribution is 5.38. The Morgan fingerprint density at radius 1 is 1.25 bits per heavy atom. The van der Waals surface area contributed by atoms with Gasteiger partial charge in [-0.1, -0.05) is 18.9 Å². The molecule has 3 nitrogen and oxygen atoms in total. The van der Waals surface area contributed by atoms with Crippen molar-refractivity contribution in [2.24, 2.45) is 5.92 Å². The summed E-state index contributed by atoms with van der Waals surface area (Å²) in [5.74, 6) is 1.96. The van der Waals surface area contributed by atoms with Crippen molar-refractivity contribution in [3.63, 3.8) is 0 Å². The highest BCUT2D eigenvalue weighted by Gasteiger charge is 2.17. The molecular weight excluding hydrogens is 246 g/mol. The minimum Gasteiger partial charge on any atom is -0.359 e. The molecule has 0 unspecified atom stereocenters. The molecule has 0 aromatic carbocycles. The first-order valence-corrected chi connectivity index (χ1v) is 7.85. The Morgan fingerprint density at radius 2 is 1.95 bits per heavy atom. The van der Waals surface area contributed by atoms with Crippen LogP contribution in [0.4, 0.5) is 5.82 Å². The number of rotatable bonds is 5. The maximum Gasteiger partial charge on any atom is 0.128 e. The fourth-order valence-corrected chi connectivity index (χ4v) is 2.79. The molecule has 1 N–H and O–H groups in total. The average Bonchev–Trinajstić information content (AvgIpc) is 2.89. The lowest BCUT2D eigenvalue weighted by molar-refractivity contribution is 0.424. The van der Waals surface area contributed by atoms with Gasteiger partial charge in [0.2, 0.25) is 0 Å². The molecule has 1 aromatic heterocycles. The van der Waals surface area contributed by atoms with Crippen LogP contribution < -0.4 is 10.2 Å². The van der Waals surface area contributed by atoms with Gasteiger partial charge in [-0.25, -0.2) is 4.98 Å². The van der Waals surface area contributed by atoms with Crippen molar-refractivity contribution < 1.29 is 0 Å². The Hall–Kier alpha value is -1.09. The van der Waals surface area contributed by atoms with E-state index in [0.29, 0.717) is 0 Å². The monoisotopic (exact) mass is 275 g/mol. The van der Waals surface area contributed by atoms with E-state index >= 15 is 0 Å². The van der Waals surface area contributed by atoms with Crippen molar-refractivity contribution >= 4 is 5.82 Å². The standard InChI is InChI=1S/C17H29N3/c1-17(2,3)19-12-15-9-10-16(18-11-15)20(4)13-14-7-5-6-8-14/h9-11,14,19H,5-8,12-13H2,1-4H3. The predicted molar refractivity (Wildman–Crippen MR) is 86.1 cm³/mol.